The zero-order valence-electron chi connectivity index (χ0n) is 8.90. The molecule has 0 aliphatic heterocycles. The Hall–Kier alpha value is -1.16. The lowest BCUT2D eigenvalue weighted by molar-refractivity contribution is -0.900. The van der Waals surface area contributed by atoms with Crippen LogP contribution in [0.1, 0.15) is 13.3 Å². The number of carboxylic acids is 1. The summed E-state index contributed by atoms with van der Waals surface area (Å²) in [6, 6.07) is 2.03. The SMILES string of the molecule is CC(=O)[O-].N#CCC[NH+](CCO)CCO. The van der Waals surface area contributed by atoms with Crippen LogP contribution < -0.4 is 10.0 Å². The summed E-state index contributed by atoms with van der Waals surface area (Å²) < 4.78 is 0. The maximum absolute atomic E-state index is 8.89. The average molecular weight is 218 g/mol. The van der Waals surface area contributed by atoms with E-state index in [9.17, 15) is 0 Å². The summed E-state index contributed by atoms with van der Waals surface area (Å²) in [5.74, 6) is -1.08. The van der Waals surface area contributed by atoms with Crippen molar-refractivity contribution in [1.29, 1.82) is 5.26 Å². The van der Waals surface area contributed by atoms with Gasteiger partial charge < -0.3 is 25.0 Å². The normalized spacial score (nSPS) is 9.00. The van der Waals surface area contributed by atoms with E-state index in [2.05, 4.69) is 0 Å². The molecule has 0 aliphatic carbocycles. The van der Waals surface area contributed by atoms with Crippen molar-refractivity contribution in [3.05, 3.63) is 0 Å². The van der Waals surface area contributed by atoms with Crippen LogP contribution in [-0.4, -0.2) is 49.0 Å². The van der Waals surface area contributed by atoms with Crippen LogP contribution in [0.5, 0.6) is 0 Å². The highest BCUT2D eigenvalue weighted by molar-refractivity contribution is 5.60. The third-order valence-electron chi connectivity index (χ3n) is 1.52. The van der Waals surface area contributed by atoms with E-state index >= 15 is 0 Å². The maximum Gasteiger partial charge on any atom is 0.101 e. The van der Waals surface area contributed by atoms with Crippen LogP contribution in [0.4, 0.5) is 0 Å². The van der Waals surface area contributed by atoms with Crippen LogP contribution in [0.2, 0.25) is 0 Å². The zero-order chi connectivity index (χ0) is 12.1. The van der Waals surface area contributed by atoms with E-state index in [0.29, 0.717) is 26.1 Å². The Morgan fingerprint density at radius 2 is 1.73 bits per heavy atom. The number of carbonyl (C=O) groups excluding carboxylic acids is 1. The molecule has 0 bridgehead atoms. The number of hydrogen-bond acceptors (Lipinski definition) is 5. The molecule has 3 N–H and O–H groups in total. The van der Waals surface area contributed by atoms with E-state index in [0.717, 1.165) is 11.8 Å². The monoisotopic (exact) mass is 218 g/mol. The Morgan fingerprint density at radius 1 is 1.33 bits per heavy atom. The molecule has 0 radical (unpaired) electrons. The number of quaternary nitrogens is 1. The molecular formula is C9H18N2O4. The van der Waals surface area contributed by atoms with Gasteiger partial charge in [0.25, 0.3) is 0 Å². The molecule has 88 valence electrons. The van der Waals surface area contributed by atoms with Crippen LogP contribution in [0, 0.1) is 11.3 Å². The number of carboxylic acid groups (broad SMARTS) is 1. The standard InChI is InChI=1S/C7H14N2O2.C2H4O2/c8-2-1-3-9(4-6-10)5-7-11;1-2(3)4/h10-11H,1,3-7H2;1H3,(H,3,4). The van der Waals surface area contributed by atoms with E-state index in [1.165, 1.54) is 0 Å². The van der Waals surface area contributed by atoms with E-state index in [1.807, 2.05) is 6.07 Å². The molecule has 0 saturated heterocycles. The summed E-state index contributed by atoms with van der Waals surface area (Å²) in [5, 5.41) is 34.3. The van der Waals surface area contributed by atoms with Crippen LogP contribution in [-0.2, 0) is 4.79 Å². The van der Waals surface area contributed by atoms with Crippen molar-refractivity contribution in [3.8, 4) is 6.07 Å². The fraction of sp³-hybridized carbons (Fsp3) is 0.778. The van der Waals surface area contributed by atoms with Crippen molar-refractivity contribution >= 4 is 5.97 Å². The topological polar surface area (TPSA) is 109 Å². The van der Waals surface area contributed by atoms with E-state index in [1.54, 1.807) is 0 Å². The minimum atomic E-state index is -1.08. The lowest BCUT2D eigenvalue weighted by atomic mass is 10.4. The van der Waals surface area contributed by atoms with Crippen LogP contribution >= 0.6 is 0 Å². The third-order valence-corrected chi connectivity index (χ3v) is 1.52. The van der Waals surface area contributed by atoms with Gasteiger partial charge in [-0.05, 0) is 6.92 Å². The molecule has 0 fully saturated rings. The predicted molar refractivity (Wildman–Crippen MR) is 50.6 cm³/mol. The molecule has 0 amide bonds. The van der Waals surface area contributed by atoms with Gasteiger partial charge in [0.15, 0.2) is 0 Å². The van der Waals surface area contributed by atoms with E-state index in [4.69, 9.17) is 25.4 Å². The number of rotatable bonds is 6. The van der Waals surface area contributed by atoms with Crippen LogP contribution in [0.15, 0.2) is 0 Å². The lowest BCUT2D eigenvalue weighted by Gasteiger charge is -2.14. The summed E-state index contributed by atoms with van der Waals surface area (Å²) >= 11 is 0. The Bertz CT molecular complexity index is 181. The van der Waals surface area contributed by atoms with Gasteiger partial charge in [0.05, 0.1) is 32.2 Å². The molecule has 0 unspecified atom stereocenters. The maximum atomic E-state index is 8.89. The number of aliphatic hydroxyl groups excluding tert-OH is 2. The summed E-state index contributed by atoms with van der Waals surface area (Å²) in [4.78, 5) is 9.97. The number of nitrogens with zero attached hydrogens (tertiary/aromatic N) is 1. The summed E-state index contributed by atoms with van der Waals surface area (Å²) in [6.07, 6.45) is 0.481. The average Bonchev–Trinajstić information content (AvgIpc) is 2.14. The lowest BCUT2D eigenvalue weighted by Crippen LogP contribution is -3.13. The van der Waals surface area contributed by atoms with Gasteiger partial charge in [0, 0.05) is 5.97 Å². The molecule has 6 heteroatoms. The number of hydrogen-bond donors (Lipinski definition) is 3. The molecule has 0 spiro atoms. The number of carbonyl (C=O) groups is 1. The van der Waals surface area contributed by atoms with Crippen molar-refractivity contribution in [2.45, 2.75) is 13.3 Å². The van der Waals surface area contributed by atoms with Gasteiger partial charge in [-0.15, -0.1) is 0 Å². The van der Waals surface area contributed by atoms with Crippen molar-refractivity contribution in [1.82, 2.24) is 0 Å². The summed E-state index contributed by atoms with van der Waals surface area (Å²) in [6.45, 7) is 3.13. The molecule has 0 aromatic heterocycles. The highest BCUT2D eigenvalue weighted by atomic mass is 16.4. The fourth-order valence-electron chi connectivity index (χ4n) is 0.924. The van der Waals surface area contributed by atoms with Gasteiger partial charge in [0.2, 0.25) is 0 Å². The fourth-order valence-corrected chi connectivity index (χ4v) is 0.924. The second-order valence-corrected chi connectivity index (χ2v) is 2.85. The minimum absolute atomic E-state index is 0.112. The van der Waals surface area contributed by atoms with Crippen LogP contribution in [0.3, 0.4) is 0 Å². The van der Waals surface area contributed by atoms with Gasteiger partial charge >= 0.3 is 0 Å². The molecule has 0 aromatic carbocycles. The Balaban J connectivity index is 0. The number of aliphatic hydroxyl groups is 2. The second-order valence-electron chi connectivity index (χ2n) is 2.85. The third kappa shape index (κ3) is 19.3. The second kappa shape index (κ2) is 12.8. The highest BCUT2D eigenvalue weighted by Gasteiger charge is 2.04. The number of nitriles is 1. The highest BCUT2D eigenvalue weighted by Crippen LogP contribution is 1.64. The largest absolute Gasteiger partial charge is 0.550 e. The van der Waals surface area contributed by atoms with Gasteiger partial charge in [-0.3, -0.25) is 0 Å². The first-order valence-electron chi connectivity index (χ1n) is 4.68. The van der Waals surface area contributed by atoms with Gasteiger partial charge in [-0.1, -0.05) is 0 Å². The Kier molecular flexibility index (Phi) is 13.9. The minimum Gasteiger partial charge on any atom is -0.550 e. The van der Waals surface area contributed by atoms with Crippen LogP contribution in [0.25, 0.3) is 0 Å². The molecule has 0 atom stereocenters. The summed E-state index contributed by atoms with van der Waals surface area (Å²) in [5.41, 5.74) is 0. The molecule has 0 aromatic rings. The van der Waals surface area contributed by atoms with Gasteiger partial charge in [0.1, 0.15) is 13.1 Å². The van der Waals surface area contributed by atoms with Crippen molar-refractivity contribution < 1.29 is 25.0 Å². The molecule has 0 saturated carbocycles. The molecule has 6 nitrogen and oxygen atoms in total. The van der Waals surface area contributed by atoms with Crippen molar-refractivity contribution in [2.75, 3.05) is 32.8 Å². The molecular weight excluding hydrogens is 200 g/mol. The Morgan fingerprint density at radius 3 is 2.00 bits per heavy atom. The van der Waals surface area contributed by atoms with Crippen molar-refractivity contribution in [3.63, 3.8) is 0 Å². The first-order valence-corrected chi connectivity index (χ1v) is 4.68. The Labute approximate surface area is 89.4 Å². The smallest absolute Gasteiger partial charge is 0.101 e. The predicted octanol–water partition coefficient (Wildman–Crippen LogP) is -3.47. The summed E-state index contributed by atoms with van der Waals surface area (Å²) in [7, 11) is 0. The molecule has 0 heterocycles. The first kappa shape index (κ1) is 16.3. The molecule has 0 aliphatic rings. The number of aliphatic carboxylic acids is 1. The van der Waals surface area contributed by atoms with Gasteiger partial charge in [-0.25, -0.2) is 0 Å². The number of nitrogens with one attached hydrogen (secondary N) is 1. The van der Waals surface area contributed by atoms with Gasteiger partial charge in [-0.2, -0.15) is 5.26 Å². The van der Waals surface area contributed by atoms with Crippen molar-refractivity contribution in [2.24, 2.45) is 0 Å². The van der Waals surface area contributed by atoms with E-state index in [-0.39, 0.29) is 13.2 Å². The molecule has 0 rings (SSSR count). The first-order chi connectivity index (χ1) is 7.08. The molecule has 15 heavy (non-hydrogen) atoms. The van der Waals surface area contributed by atoms with E-state index < -0.39 is 5.97 Å². The quantitative estimate of drug-likeness (QED) is 0.429. The zero-order valence-corrected chi connectivity index (χ0v) is 8.90.